The molecule has 39 heavy (non-hydrogen) atoms. The molecule has 3 aromatic carbocycles. The Hall–Kier alpha value is -3.20. The number of benzene rings is 3. The van der Waals surface area contributed by atoms with E-state index >= 15 is 0 Å². The molecular weight excluding hydrogens is 514 g/mol. The van der Waals surface area contributed by atoms with Gasteiger partial charge in [0.2, 0.25) is 0 Å². The highest BCUT2D eigenvalue weighted by Gasteiger charge is 2.54. The summed E-state index contributed by atoms with van der Waals surface area (Å²) in [7, 11) is -2.36. The lowest BCUT2D eigenvalue weighted by Crippen LogP contribution is -2.55. The lowest BCUT2D eigenvalue weighted by molar-refractivity contribution is -0.147. The fourth-order valence-electron chi connectivity index (χ4n) is 4.97. The van der Waals surface area contributed by atoms with E-state index in [1.807, 2.05) is 24.3 Å². The van der Waals surface area contributed by atoms with Crippen molar-refractivity contribution in [3.05, 3.63) is 84.4 Å². The van der Waals surface area contributed by atoms with Crippen LogP contribution >= 0.6 is 0 Å². The molecule has 0 unspecified atom stereocenters. The minimum absolute atomic E-state index is 0.101. The van der Waals surface area contributed by atoms with E-state index in [2.05, 4.69) is 35.2 Å². The molecule has 0 aromatic heterocycles. The van der Waals surface area contributed by atoms with Crippen LogP contribution in [0.15, 0.2) is 83.8 Å². The molecule has 1 fully saturated rings. The molecule has 7 nitrogen and oxygen atoms in total. The zero-order chi connectivity index (χ0) is 27.7. The van der Waals surface area contributed by atoms with E-state index in [0.29, 0.717) is 45.0 Å². The number of piperidine rings is 1. The summed E-state index contributed by atoms with van der Waals surface area (Å²) >= 11 is 0. The van der Waals surface area contributed by atoms with Gasteiger partial charge in [-0.3, -0.25) is 4.79 Å². The highest BCUT2D eigenvalue weighted by molar-refractivity contribution is 7.93. The van der Waals surface area contributed by atoms with Crippen LogP contribution in [0.3, 0.4) is 0 Å². The minimum atomic E-state index is -3.99. The molecule has 208 valence electrons. The first kappa shape index (κ1) is 28.8. The van der Waals surface area contributed by atoms with E-state index in [1.54, 1.807) is 26.2 Å². The number of esters is 1. The van der Waals surface area contributed by atoms with Crippen molar-refractivity contribution < 1.29 is 27.4 Å². The standard InChI is InChI=1S/C31H37NO6S/c1-3-37-30(33)31(17-19-32(20-18-31)21-23-36-2)39(34,35)29-14-12-28(13-15-29)38-22-16-25-8-7-11-27(24-25)26-9-5-4-6-10-26/h4-15,24H,3,16-23H2,1-2H3. The van der Waals surface area contributed by atoms with E-state index in [-0.39, 0.29) is 24.3 Å². The Bertz CT molecular complexity index is 1320. The van der Waals surface area contributed by atoms with Gasteiger partial charge in [0.1, 0.15) is 5.75 Å². The van der Waals surface area contributed by atoms with Crippen molar-refractivity contribution in [3.8, 4) is 16.9 Å². The Morgan fingerprint density at radius 1 is 0.897 bits per heavy atom. The molecule has 0 spiro atoms. The highest BCUT2D eigenvalue weighted by Crippen LogP contribution is 2.37. The van der Waals surface area contributed by atoms with E-state index in [0.717, 1.165) is 11.1 Å². The smallest absolute Gasteiger partial charge is 0.327 e. The quantitative estimate of drug-likeness (QED) is 0.299. The number of likely N-dealkylation sites (tertiary alicyclic amines) is 1. The lowest BCUT2D eigenvalue weighted by atomic mass is 9.95. The second-order valence-electron chi connectivity index (χ2n) is 9.69. The first-order chi connectivity index (χ1) is 18.9. The summed E-state index contributed by atoms with van der Waals surface area (Å²) in [6, 6.07) is 24.9. The third kappa shape index (κ3) is 6.69. The second kappa shape index (κ2) is 13.2. The van der Waals surface area contributed by atoms with Gasteiger partial charge in [0.05, 0.1) is 24.7 Å². The van der Waals surface area contributed by atoms with Gasteiger partial charge in [0.15, 0.2) is 14.6 Å². The Morgan fingerprint density at radius 3 is 2.26 bits per heavy atom. The Labute approximate surface area is 231 Å². The first-order valence-electron chi connectivity index (χ1n) is 13.4. The molecule has 4 rings (SSSR count). The van der Waals surface area contributed by atoms with E-state index in [4.69, 9.17) is 14.2 Å². The summed E-state index contributed by atoms with van der Waals surface area (Å²) in [5, 5.41) is 0. The third-order valence-electron chi connectivity index (χ3n) is 7.26. The number of methoxy groups -OCH3 is 1. The summed E-state index contributed by atoms with van der Waals surface area (Å²) in [6.45, 7) is 4.48. The Morgan fingerprint density at radius 2 is 1.59 bits per heavy atom. The van der Waals surface area contributed by atoms with Crippen molar-refractivity contribution in [2.45, 2.75) is 35.8 Å². The predicted molar refractivity (Wildman–Crippen MR) is 152 cm³/mol. The van der Waals surface area contributed by atoms with Crippen LogP contribution in [-0.4, -0.2) is 70.6 Å². The number of sulfone groups is 1. The Balaban J connectivity index is 1.42. The van der Waals surface area contributed by atoms with Crippen LogP contribution in [-0.2, 0) is 30.5 Å². The molecule has 0 bridgehead atoms. The van der Waals surface area contributed by atoms with Gasteiger partial charge in [-0.2, -0.15) is 0 Å². The molecule has 8 heteroatoms. The molecule has 0 amide bonds. The molecule has 0 N–H and O–H groups in total. The van der Waals surface area contributed by atoms with E-state index in [1.165, 1.54) is 17.7 Å². The van der Waals surface area contributed by atoms with Gasteiger partial charge in [0, 0.05) is 33.2 Å². The number of ether oxygens (including phenoxy) is 3. The molecule has 1 heterocycles. The van der Waals surface area contributed by atoms with E-state index < -0.39 is 20.6 Å². The molecule has 3 aromatic rings. The van der Waals surface area contributed by atoms with Crippen molar-refractivity contribution in [1.82, 2.24) is 4.90 Å². The fraction of sp³-hybridized carbons (Fsp3) is 0.387. The summed E-state index contributed by atoms with van der Waals surface area (Å²) in [6.07, 6.45) is 1.07. The highest BCUT2D eigenvalue weighted by atomic mass is 32.2. The number of hydrogen-bond donors (Lipinski definition) is 0. The second-order valence-corrected chi connectivity index (χ2v) is 11.9. The van der Waals surface area contributed by atoms with Crippen molar-refractivity contribution in [2.75, 3.05) is 46.6 Å². The average Bonchev–Trinajstić information content (AvgIpc) is 2.97. The van der Waals surface area contributed by atoms with Crippen LogP contribution in [0.4, 0.5) is 0 Å². The van der Waals surface area contributed by atoms with Gasteiger partial charge in [-0.25, -0.2) is 8.42 Å². The number of carbonyl (C=O) groups excluding carboxylic acids is 1. The molecule has 1 aliphatic rings. The molecule has 0 aliphatic carbocycles. The Kier molecular flexibility index (Phi) is 9.78. The van der Waals surface area contributed by atoms with Gasteiger partial charge in [-0.05, 0) is 60.7 Å². The average molecular weight is 552 g/mol. The summed E-state index contributed by atoms with van der Waals surface area (Å²) < 4.78 is 42.4. The maximum Gasteiger partial charge on any atom is 0.327 e. The zero-order valence-corrected chi connectivity index (χ0v) is 23.5. The number of carbonyl (C=O) groups is 1. The van der Waals surface area contributed by atoms with Gasteiger partial charge < -0.3 is 19.1 Å². The van der Waals surface area contributed by atoms with Crippen LogP contribution in [0.25, 0.3) is 11.1 Å². The predicted octanol–water partition coefficient (Wildman–Crippen LogP) is 4.79. The maximum atomic E-state index is 13.8. The molecule has 0 radical (unpaired) electrons. The summed E-state index contributed by atoms with van der Waals surface area (Å²) in [4.78, 5) is 15.3. The van der Waals surface area contributed by atoms with Gasteiger partial charge in [-0.1, -0.05) is 54.6 Å². The van der Waals surface area contributed by atoms with Gasteiger partial charge in [-0.15, -0.1) is 0 Å². The van der Waals surface area contributed by atoms with Crippen molar-refractivity contribution >= 4 is 15.8 Å². The van der Waals surface area contributed by atoms with Gasteiger partial charge in [0.25, 0.3) is 0 Å². The number of rotatable bonds is 12. The largest absolute Gasteiger partial charge is 0.493 e. The molecule has 0 atom stereocenters. The van der Waals surface area contributed by atoms with Crippen LogP contribution in [0.5, 0.6) is 5.75 Å². The van der Waals surface area contributed by atoms with Gasteiger partial charge >= 0.3 is 5.97 Å². The zero-order valence-electron chi connectivity index (χ0n) is 22.7. The SMILES string of the molecule is CCOC(=O)C1(S(=O)(=O)c2ccc(OCCc3cccc(-c4ccccc4)c3)cc2)CCN(CCOC)CC1. The monoisotopic (exact) mass is 551 g/mol. The third-order valence-corrected chi connectivity index (χ3v) is 9.76. The number of nitrogens with zero attached hydrogens (tertiary/aromatic N) is 1. The van der Waals surface area contributed by atoms with Crippen molar-refractivity contribution in [1.29, 1.82) is 0 Å². The fourth-order valence-corrected chi connectivity index (χ4v) is 6.91. The molecule has 0 saturated carbocycles. The van der Waals surface area contributed by atoms with Crippen LogP contribution in [0.2, 0.25) is 0 Å². The summed E-state index contributed by atoms with van der Waals surface area (Å²) in [5.41, 5.74) is 3.48. The van der Waals surface area contributed by atoms with Crippen molar-refractivity contribution in [3.63, 3.8) is 0 Å². The summed E-state index contributed by atoms with van der Waals surface area (Å²) in [5.74, 6) is -0.0952. The van der Waals surface area contributed by atoms with E-state index in [9.17, 15) is 13.2 Å². The number of hydrogen-bond acceptors (Lipinski definition) is 7. The molecule has 1 saturated heterocycles. The molecular formula is C31H37NO6S. The first-order valence-corrected chi connectivity index (χ1v) is 14.9. The lowest BCUT2D eigenvalue weighted by Gasteiger charge is -2.39. The van der Waals surface area contributed by atoms with Crippen LogP contribution < -0.4 is 4.74 Å². The minimum Gasteiger partial charge on any atom is -0.493 e. The topological polar surface area (TPSA) is 82.1 Å². The van der Waals surface area contributed by atoms with Crippen LogP contribution in [0, 0.1) is 0 Å². The molecule has 1 aliphatic heterocycles. The van der Waals surface area contributed by atoms with Crippen LogP contribution in [0.1, 0.15) is 25.3 Å². The maximum absolute atomic E-state index is 13.8. The van der Waals surface area contributed by atoms with Crippen molar-refractivity contribution in [2.24, 2.45) is 0 Å². The normalized spacial score (nSPS) is 15.5.